The summed E-state index contributed by atoms with van der Waals surface area (Å²) < 4.78 is 11.8. The van der Waals surface area contributed by atoms with Crippen molar-refractivity contribution >= 4 is 17.3 Å². The molecule has 0 radical (unpaired) electrons. The highest BCUT2D eigenvalue weighted by Gasteiger charge is 2.30. The van der Waals surface area contributed by atoms with Gasteiger partial charge in [-0.05, 0) is 55.9 Å². The second-order valence-electron chi connectivity index (χ2n) is 8.65. The largest absolute Gasteiger partial charge is 0.493 e. The maximum absolute atomic E-state index is 12.7. The zero-order chi connectivity index (χ0) is 21.3. The van der Waals surface area contributed by atoms with Crippen LogP contribution in [0.15, 0.2) is 28.7 Å². The van der Waals surface area contributed by atoms with E-state index in [0.29, 0.717) is 18.7 Å². The van der Waals surface area contributed by atoms with Gasteiger partial charge in [0.15, 0.2) is 5.78 Å². The highest BCUT2D eigenvalue weighted by atomic mass is 16.5. The molecule has 30 heavy (non-hydrogen) atoms. The molecule has 6 heteroatoms. The quantitative estimate of drug-likeness (QED) is 0.619. The van der Waals surface area contributed by atoms with Gasteiger partial charge in [-0.2, -0.15) is 0 Å². The van der Waals surface area contributed by atoms with E-state index in [2.05, 4.69) is 4.98 Å². The molecule has 1 saturated carbocycles. The molecule has 0 amide bonds. The van der Waals surface area contributed by atoms with Crippen LogP contribution in [0, 0.1) is 23.2 Å². The summed E-state index contributed by atoms with van der Waals surface area (Å²) in [7, 11) is 0. The standard InChI is InChI=1S/C24H28N2O4/c1-14(23(25)15(2)27)11-21(28)18-7-10-20-22(12-18)30-24(26-20)17-5-8-19(9-6-17)29-13-16-3-4-16/h5-6,8-9,14,16,18,25H,3-4,7,10-13H2,1-2H3. The minimum absolute atomic E-state index is 0.0198. The van der Waals surface area contributed by atoms with Crippen molar-refractivity contribution in [3.05, 3.63) is 35.7 Å². The normalized spacial score (nSPS) is 19.1. The zero-order valence-electron chi connectivity index (χ0n) is 17.6. The molecule has 0 aliphatic heterocycles. The van der Waals surface area contributed by atoms with Gasteiger partial charge in [-0.25, -0.2) is 4.98 Å². The molecule has 1 N–H and O–H groups in total. The average Bonchev–Trinajstić information content (AvgIpc) is 3.47. The van der Waals surface area contributed by atoms with Crippen LogP contribution in [-0.2, 0) is 22.4 Å². The molecule has 6 nitrogen and oxygen atoms in total. The van der Waals surface area contributed by atoms with Gasteiger partial charge in [0.25, 0.3) is 0 Å². The average molecular weight is 408 g/mol. The number of oxazole rings is 1. The molecule has 4 rings (SSSR count). The number of aromatic nitrogens is 1. The third kappa shape index (κ3) is 4.69. The Labute approximate surface area is 176 Å². The maximum Gasteiger partial charge on any atom is 0.226 e. The Kier molecular flexibility index (Phi) is 5.84. The minimum Gasteiger partial charge on any atom is -0.493 e. The van der Waals surface area contributed by atoms with Gasteiger partial charge in [-0.1, -0.05) is 6.92 Å². The van der Waals surface area contributed by atoms with Gasteiger partial charge in [0, 0.05) is 37.2 Å². The second kappa shape index (κ2) is 8.54. The molecule has 1 aromatic carbocycles. The Morgan fingerprint density at radius 2 is 1.97 bits per heavy atom. The van der Waals surface area contributed by atoms with Crippen LogP contribution in [0.3, 0.4) is 0 Å². The number of nitrogens with one attached hydrogen (secondary N) is 1. The first-order valence-electron chi connectivity index (χ1n) is 10.7. The lowest BCUT2D eigenvalue weighted by molar-refractivity contribution is -0.123. The van der Waals surface area contributed by atoms with Gasteiger partial charge in [0.1, 0.15) is 17.3 Å². The van der Waals surface area contributed by atoms with E-state index in [0.717, 1.165) is 41.7 Å². The lowest BCUT2D eigenvalue weighted by Gasteiger charge is -2.20. The molecular formula is C24H28N2O4. The highest BCUT2D eigenvalue weighted by molar-refractivity contribution is 6.38. The van der Waals surface area contributed by atoms with Gasteiger partial charge in [0.2, 0.25) is 5.89 Å². The SMILES string of the molecule is CC(=O)C(=N)C(C)CC(=O)C1CCc2nc(-c3ccc(OCC4CC4)cc3)oc2C1. The number of aryl methyl sites for hydroxylation is 1. The number of benzene rings is 1. The van der Waals surface area contributed by atoms with E-state index in [1.165, 1.54) is 19.8 Å². The molecule has 2 aromatic rings. The van der Waals surface area contributed by atoms with Crippen LogP contribution in [0.1, 0.15) is 51.0 Å². The van der Waals surface area contributed by atoms with Crippen LogP contribution >= 0.6 is 0 Å². The third-order valence-electron chi connectivity index (χ3n) is 6.06. The van der Waals surface area contributed by atoms with Crippen molar-refractivity contribution < 1.29 is 18.7 Å². The number of ketones is 2. The predicted octanol–water partition coefficient (Wildman–Crippen LogP) is 4.44. The smallest absolute Gasteiger partial charge is 0.226 e. The number of rotatable bonds is 9. The van der Waals surface area contributed by atoms with Crippen LogP contribution in [0.4, 0.5) is 0 Å². The number of carbonyl (C=O) groups is 2. The van der Waals surface area contributed by atoms with E-state index < -0.39 is 0 Å². The summed E-state index contributed by atoms with van der Waals surface area (Å²) in [6, 6.07) is 7.80. The fourth-order valence-electron chi connectivity index (χ4n) is 3.88. The fraction of sp³-hybridized carbons (Fsp3) is 0.500. The van der Waals surface area contributed by atoms with E-state index >= 15 is 0 Å². The van der Waals surface area contributed by atoms with Gasteiger partial charge in [-0.3, -0.25) is 9.59 Å². The number of fused-ring (bicyclic) bond motifs is 1. The Balaban J connectivity index is 1.38. The van der Waals surface area contributed by atoms with E-state index in [1.807, 2.05) is 24.3 Å². The molecule has 0 bridgehead atoms. The van der Waals surface area contributed by atoms with E-state index in [9.17, 15) is 9.59 Å². The molecule has 2 atom stereocenters. The molecule has 2 unspecified atom stereocenters. The van der Waals surface area contributed by atoms with E-state index in [4.69, 9.17) is 14.6 Å². The molecule has 2 aliphatic rings. The number of hydrogen-bond donors (Lipinski definition) is 1. The first-order valence-corrected chi connectivity index (χ1v) is 10.7. The molecule has 1 heterocycles. The Morgan fingerprint density at radius 3 is 2.63 bits per heavy atom. The number of nitrogens with zero attached hydrogens (tertiary/aromatic N) is 1. The lowest BCUT2D eigenvalue weighted by Crippen LogP contribution is -2.27. The first kappa shape index (κ1) is 20.5. The van der Waals surface area contributed by atoms with Gasteiger partial charge in [-0.15, -0.1) is 0 Å². The van der Waals surface area contributed by atoms with Gasteiger partial charge in [0.05, 0.1) is 18.0 Å². The number of carbonyl (C=O) groups excluding carboxylic acids is 2. The summed E-state index contributed by atoms with van der Waals surface area (Å²) in [5, 5.41) is 7.80. The monoisotopic (exact) mass is 408 g/mol. The molecule has 1 aromatic heterocycles. The van der Waals surface area contributed by atoms with Crippen LogP contribution < -0.4 is 4.74 Å². The van der Waals surface area contributed by atoms with Crippen molar-refractivity contribution in [3.8, 4) is 17.2 Å². The van der Waals surface area contributed by atoms with E-state index in [-0.39, 0.29) is 35.5 Å². The van der Waals surface area contributed by atoms with Gasteiger partial charge < -0.3 is 14.6 Å². The van der Waals surface area contributed by atoms with Crippen LogP contribution in [0.2, 0.25) is 0 Å². The van der Waals surface area contributed by atoms with E-state index in [1.54, 1.807) is 6.92 Å². The Bertz CT molecular complexity index is 956. The third-order valence-corrected chi connectivity index (χ3v) is 6.06. The van der Waals surface area contributed by atoms with Gasteiger partial charge >= 0.3 is 0 Å². The van der Waals surface area contributed by atoms with Crippen molar-refractivity contribution in [2.75, 3.05) is 6.61 Å². The molecule has 0 saturated heterocycles. The first-order chi connectivity index (χ1) is 14.4. The summed E-state index contributed by atoms with van der Waals surface area (Å²) in [5.74, 6) is 2.26. The van der Waals surface area contributed by atoms with Crippen LogP contribution in [0.5, 0.6) is 5.75 Å². The van der Waals surface area contributed by atoms with Crippen molar-refractivity contribution in [1.29, 1.82) is 5.41 Å². The van der Waals surface area contributed by atoms with Crippen molar-refractivity contribution in [2.24, 2.45) is 17.8 Å². The summed E-state index contributed by atoms with van der Waals surface area (Å²) >= 11 is 0. The minimum atomic E-state index is -0.345. The van der Waals surface area contributed by atoms with Crippen LogP contribution in [0.25, 0.3) is 11.5 Å². The van der Waals surface area contributed by atoms with Crippen molar-refractivity contribution in [3.63, 3.8) is 0 Å². The van der Waals surface area contributed by atoms with Crippen LogP contribution in [-0.4, -0.2) is 28.9 Å². The Hall–Kier alpha value is -2.76. The molecule has 1 fully saturated rings. The van der Waals surface area contributed by atoms with Crippen molar-refractivity contribution in [1.82, 2.24) is 4.98 Å². The predicted molar refractivity (Wildman–Crippen MR) is 113 cm³/mol. The topological polar surface area (TPSA) is 93.2 Å². The van der Waals surface area contributed by atoms with Crippen molar-refractivity contribution in [2.45, 2.75) is 52.4 Å². The Morgan fingerprint density at radius 1 is 1.23 bits per heavy atom. The summed E-state index contributed by atoms with van der Waals surface area (Å²) in [6.07, 6.45) is 4.72. The molecule has 0 spiro atoms. The number of ether oxygens (including phenoxy) is 1. The fourth-order valence-corrected chi connectivity index (χ4v) is 3.88. The lowest BCUT2D eigenvalue weighted by atomic mass is 9.83. The number of Topliss-reactive ketones (excluding diaryl/α,β-unsaturated/α-hetero) is 2. The molecule has 158 valence electrons. The second-order valence-corrected chi connectivity index (χ2v) is 8.65. The maximum atomic E-state index is 12.7. The number of hydrogen-bond acceptors (Lipinski definition) is 6. The molecule has 2 aliphatic carbocycles. The highest BCUT2D eigenvalue weighted by Crippen LogP contribution is 2.33. The summed E-state index contributed by atoms with van der Waals surface area (Å²) in [4.78, 5) is 28.7. The molecular weight excluding hydrogens is 380 g/mol. The zero-order valence-corrected chi connectivity index (χ0v) is 17.6. The summed E-state index contributed by atoms with van der Waals surface area (Å²) in [6.45, 7) is 3.92. The summed E-state index contributed by atoms with van der Waals surface area (Å²) in [5.41, 5.74) is 1.84.